The lowest BCUT2D eigenvalue weighted by molar-refractivity contribution is -0.210. The molecule has 0 unspecified atom stereocenters. The van der Waals surface area contributed by atoms with Gasteiger partial charge in [-0.15, -0.1) is 0 Å². The molecule has 2 amide bonds. The first-order valence-corrected chi connectivity index (χ1v) is 17.0. The standard InChI is InChI=1S/C36H29BrF6N6O5/c1-20-17-48-29(18-47(20)33(52)21-8-13-27(37)26(15-21)35(38,39)40)31(32(51)44-16-22-5-2-3-6-25(22)28-7-4-14-45-46-28)49(34(48)53)23-9-11-24(12-10-23)54-19-30(50)36(41,42)43/h2-15,20,30,50H,16-19H2,1H3,(H,44,51)/t20-,30+/m1/s1. The molecule has 0 radical (unpaired) electrons. The highest BCUT2D eigenvalue weighted by molar-refractivity contribution is 9.10. The zero-order chi connectivity index (χ0) is 38.9. The second-order valence-electron chi connectivity index (χ2n) is 12.3. The number of fused-ring (bicyclic) bond motifs is 1. The summed E-state index contributed by atoms with van der Waals surface area (Å²) in [5.74, 6) is -1.57. The Hall–Kier alpha value is -5.49. The van der Waals surface area contributed by atoms with Gasteiger partial charge in [0, 0.05) is 40.9 Å². The first kappa shape index (κ1) is 38.2. The molecule has 2 atom stereocenters. The Morgan fingerprint density at radius 1 is 1.02 bits per heavy atom. The van der Waals surface area contributed by atoms with E-state index in [2.05, 4.69) is 31.4 Å². The Morgan fingerprint density at radius 3 is 2.41 bits per heavy atom. The van der Waals surface area contributed by atoms with Gasteiger partial charge in [0.05, 0.1) is 29.2 Å². The zero-order valence-corrected chi connectivity index (χ0v) is 29.6. The number of benzene rings is 3. The molecule has 2 N–H and O–H groups in total. The zero-order valence-electron chi connectivity index (χ0n) is 28.0. The molecule has 0 spiro atoms. The van der Waals surface area contributed by atoms with Crippen LogP contribution in [0.3, 0.4) is 0 Å². The third-order valence-electron chi connectivity index (χ3n) is 8.72. The van der Waals surface area contributed by atoms with Gasteiger partial charge in [0.25, 0.3) is 11.8 Å². The van der Waals surface area contributed by atoms with Crippen molar-refractivity contribution in [3.63, 3.8) is 0 Å². The van der Waals surface area contributed by atoms with Crippen LogP contribution in [0.15, 0.2) is 94.3 Å². The number of halogens is 7. The van der Waals surface area contributed by atoms with Crippen LogP contribution in [0.1, 0.15) is 44.6 Å². The van der Waals surface area contributed by atoms with Gasteiger partial charge < -0.3 is 20.1 Å². The molecule has 0 saturated heterocycles. The van der Waals surface area contributed by atoms with Crippen LogP contribution in [-0.2, 0) is 25.8 Å². The molecule has 0 fully saturated rings. The van der Waals surface area contributed by atoms with Crippen molar-refractivity contribution >= 4 is 27.7 Å². The van der Waals surface area contributed by atoms with Crippen LogP contribution in [0.2, 0.25) is 0 Å². The number of alkyl halides is 6. The molecule has 2 aromatic heterocycles. The van der Waals surface area contributed by atoms with Crippen molar-refractivity contribution in [2.45, 2.75) is 51.1 Å². The molecule has 282 valence electrons. The molecule has 1 aliphatic rings. The van der Waals surface area contributed by atoms with E-state index in [0.29, 0.717) is 16.8 Å². The van der Waals surface area contributed by atoms with Crippen LogP contribution in [-0.4, -0.2) is 66.1 Å². The van der Waals surface area contributed by atoms with Crippen LogP contribution >= 0.6 is 15.9 Å². The first-order valence-electron chi connectivity index (χ1n) is 16.2. The van der Waals surface area contributed by atoms with Gasteiger partial charge in [0.15, 0.2) is 6.10 Å². The lowest BCUT2D eigenvalue weighted by Gasteiger charge is -2.34. The maximum atomic E-state index is 14.2. The minimum Gasteiger partial charge on any atom is -0.491 e. The monoisotopic (exact) mass is 818 g/mol. The van der Waals surface area contributed by atoms with Gasteiger partial charge in [-0.2, -0.15) is 36.5 Å². The molecule has 3 heterocycles. The normalized spacial score (nSPS) is 15.1. The van der Waals surface area contributed by atoms with Crippen molar-refractivity contribution in [1.29, 1.82) is 0 Å². The first-order chi connectivity index (χ1) is 25.5. The van der Waals surface area contributed by atoms with Crippen LogP contribution in [0.4, 0.5) is 26.3 Å². The minimum absolute atomic E-state index is 0.0448. The Bertz CT molecular complexity index is 2240. The van der Waals surface area contributed by atoms with E-state index in [1.54, 1.807) is 43.3 Å². The SMILES string of the molecule is C[C@@H]1Cn2c(c(C(=O)NCc3ccccc3-c3cccnn3)n(-c3ccc(OC[C@H](O)C(F)(F)F)cc3)c2=O)CN1C(=O)c1ccc(Br)c(C(F)(F)F)c1. The predicted octanol–water partition coefficient (Wildman–Crippen LogP) is 6.15. The number of ether oxygens (including phenoxy) is 1. The van der Waals surface area contributed by atoms with Crippen molar-refractivity contribution < 1.29 is 45.8 Å². The van der Waals surface area contributed by atoms with E-state index in [9.17, 15) is 45.8 Å². The lowest BCUT2D eigenvalue weighted by Crippen LogP contribution is -2.47. The number of aliphatic hydroxyl groups is 1. The predicted molar refractivity (Wildman–Crippen MR) is 185 cm³/mol. The molecule has 0 bridgehead atoms. The molecule has 11 nitrogen and oxygen atoms in total. The van der Waals surface area contributed by atoms with E-state index in [1.807, 2.05) is 0 Å². The van der Waals surface area contributed by atoms with Crippen LogP contribution in [0.5, 0.6) is 5.75 Å². The number of carbonyl (C=O) groups is 2. The molecule has 3 aromatic carbocycles. The summed E-state index contributed by atoms with van der Waals surface area (Å²) in [7, 11) is 0. The Balaban J connectivity index is 1.37. The van der Waals surface area contributed by atoms with Crippen molar-refractivity contribution in [3.05, 3.63) is 128 Å². The van der Waals surface area contributed by atoms with E-state index in [1.165, 1.54) is 46.0 Å². The number of imidazole rings is 1. The highest BCUT2D eigenvalue weighted by Crippen LogP contribution is 2.36. The molecule has 1 aliphatic heterocycles. The smallest absolute Gasteiger partial charge is 0.417 e. The molecule has 18 heteroatoms. The maximum Gasteiger partial charge on any atom is 0.417 e. The van der Waals surface area contributed by atoms with Gasteiger partial charge in [-0.05, 0) is 67.1 Å². The van der Waals surface area contributed by atoms with Crippen LogP contribution < -0.4 is 15.7 Å². The number of nitrogens with zero attached hydrogens (tertiary/aromatic N) is 5. The summed E-state index contributed by atoms with van der Waals surface area (Å²) >= 11 is 2.88. The van der Waals surface area contributed by atoms with Gasteiger partial charge in [-0.25, -0.2) is 4.79 Å². The second-order valence-corrected chi connectivity index (χ2v) is 13.2. The number of hydrogen-bond acceptors (Lipinski definition) is 7. The fourth-order valence-corrected chi connectivity index (χ4v) is 6.46. The van der Waals surface area contributed by atoms with Crippen molar-refractivity contribution in [3.8, 4) is 22.7 Å². The van der Waals surface area contributed by atoms with Crippen molar-refractivity contribution in [2.75, 3.05) is 6.61 Å². The molecule has 5 aromatic rings. The summed E-state index contributed by atoms with van der Waals surface area (Å²) in [6.07, 6.45) is -10.9. The Labute approximate surface area is 310 Å². The third-order valence-corrected chi connectivity index (χ3v) is 9.42. The van der Waals surface area contributed by atoms with Gasteiger partial charge in [-0.3, -0.25) is 18.7 Å². The summed E-state index contributed by atoms with van der Waals surface area (Å²) in [4.78, 5) is 43.3. The van der Waals surface area contributed by atoms with E-state index in [4.69, 9.17) is 4.74 Å². The second kappa shape index (κ2) is 15.1. The van der Waals surface area contributed by atoms with Crippen molar-refractivity contribution in [1.82, 2.24) is 29.5 Å². The molecule has 0 aliphatic carbocycles. The molecule has 0 saturated carbocycles. The average Bonchev–Trinajstić information content (AvgIpc) is 3.42. The fourth-order valence-electron chi connectivity index (χ4n) is 5.99. The average molecular weight is 820 g/mol. The maximum absolute atomic E-state index is 14.2. The largest absolute Gasteiger partial charge is 0.491 e. The van der Waals surface area contributed by atoms with Crippen LogP contribution in [0, 0.1) is 0 Å². The summed E-state index contributed by atoms with van der Waals surface area (Å²) in [5.41, 5.74) is -0.113. The van der Waals surface area contributed by atoms with E-state index in [0.717, 1.165) is 16.7 Å². The number of aliphatic hydroxyl groups excluding tert-OH is 1. The van der Waals surface area contributed by atoms with Gasteiger partial charge in [-0.1, -0.05) is 40.2 Å². The Morgan fingerprint density at radius 2 is 1.74 bits per heavy atom. The number of rotatable bonds is 9. The summed E-state index contributed by atoms with van der Waals surface area (Å²) in [6.45, 7) is 0.0181. The third kappa shape index (κ3) is 7.89. The highest BCUT2D eigenvalue weighted by atomic mass is 79.9. The highest BCUT2D eigenvalue weighted by Gasteiger charge is 2.39. The fraction of sp³-hybridized carbons (Fsp3) is 0.250. The van der Waals surface area contributed by atoms with Crippen molar-refractivity contribution in [2.24, 2.45) is 0 Å². The van der Waals surface area contributed by atoms with E-state index >= 15 is 0 Å². The molecular weight excluding hydrogens is 790 g/mol. The number of carbonyl (C=O) groups excluding carboxylic acids is 2. The quantitative estimate of drug-likeness (QED) is 0.171. The van der Waals surface area contributed by atoms with Gasteiger partial charge in [0.2, 0.25) is 0 Å². The van der Waals surface area contributed by atoms with Gasteiger partial charge in [0.1, 0.15) is 18.1 Å². The topological polar surface area (TPSA) is 132 Å². The Kier molecular flexibility index (Phi) is 10.7. The summed E-state index contributed by atoms with van der Waals surface area (Å²) in [6, 6.07) is 18.1. The number of aromatic nitrogens is 4. The summed E-state index contributed by atoms with van der Waals surface area (Å²) in [5, 5.41) is 20.2. The number of nitrogens with one attached hydrogen (secondary N) is 1. The molecule has 54 heavy (non-hydrogen) atoms. The van der Waals surface area contributed by atoms with E-state index in [-0.39, 0.29) is 52.5 Å². The van der Waals surface area contributed by atoms with Crippen LogP contribution in [0.25, 0.3) is 16.9 Å². The number of hydrogen-bond donors (Lipinski definition) is 2. The summed E-state index contributed by atoms with van der Waals surface area (Å²) < 4.78 is 86.7. The lowest BCUT2D eigenvalue weighted by atomic mass is 10.0. The number of amides is 2. The van der Waals surface area contributed by atoms with E-state index < -0.39 is 54.2 Å². The minimum atomic E-state index is -4.90. The molecule has 6 rings (SSSR count). The van der Waals surface area contributed by atoms with Gasteiger partial charge >= 0.3 is 18.0 Å². The molecular formula is C36H29BrF6N6O5.